The minimum absolute atomic E-state index is 0.0209. The molecule has 0 aliphatic heterocycles. The number of rotatable bonds is 3. The Kier molecular flexibility index (Phi) is 3.23. The van der Waals surface area contributed by atoms with Crippen LogP contribution in [0.5, 0.6) is 0 Å². The Balaban J connectivity index is 2.31. The van der Waals surface area contributed by atoms with Crippen molar-refractivity contribution in [1.82, 2.24) is 19.9 Å². The highest BCUT2D eigenvalue weighted by Gasteiger charge is 2.15. The van der Waals surface area contributed by atoms with E-state index in [0.29, 0.717) is 11.2 Å². The van der Waals surface area contributed by atoms with Gasteiger partial charge in [-0.15, -0.1) is 0 Å². The number of aliphatic carboxylic acids is 1. The van der Waals surface area contributed by atoms with E-state index in [1.807, 2.05) is 0 Å². The SMILES string of the molecule is C/C(C(=O)O)=C(/C)C(=O)Nc1ncnc2nc[nH]c12. The summed E-state index contributed by atoms with van der Waals surface area (Å²) in [6.45, 7) is 2.80. The first-order valence-corrected chi connectivity index (χ1v) is 5.37. The number of imidazole rings is 1. The highest BCUT2D eigenvalue weighted by molar-refractivity contribution is 6.09. The molecular formula is C11H11N5O3. The van der Waals surface area contributed by atoms with Crippen LogP contribution in [-0.2, 0) is 9.59 Å². The number of fused-ring (bicyclic) bond motifs is 1. The predicted octanol–water partition coefficient (Wildman–Crippen LogP) is 0.712. The van der Waals surface area contributed by atoms with E-state index in [1.165, 1.54) is 26.5 Å². The second-order valence-electron chi connectivity index (χ2n) is 3.83. The van der Waals surface area contributed by atoms with E-state index < -0.39 is 11.9 Å². The Morgan fingerprint density at radius 1 is 1.21 bits per heavy atom. The molecule has 2 aromatic rings. The fourth-order valence-corrected chi connectivity index (χ4v) is 1.39. The summed E-state index contributed by atoms with van der Waals surface area (Å²) in [5.41, 5.74) is 0.990. The maximum atomic E-state index is 11.9. The van der Waals surface area contributed by atoms with Crippen LogP contribution in [0.3, 0.4) is 0 Å². The third-order valence-electron chi connectivity index (χ3n) is 2.68. The van der Waals surface area contributed by atoms with Crippen LogP contribution in [0.4, 0.5) is 5.82 Å². The van der Waals surface area contributed by atoms with Crippen molar-refractivity contribution < 1.29 is 14.7 Å². The molecule has 0 spiro atoms. The molecule has 0 aliphatic rings. The molecule has 0 saturated carbocycles. The summed E-state index contributed by atoms with van der Waals surface area (Å²) in [7, 11) is 0. The minimum atomic E-state index is -1.14. The van der Waals surface area contributed by atoms with Crippen molar-refractivity contribution >= 4 is 28.9 Å². The molecule has 0 atom stereocenters. The number of nitrogens with zero attached hydrogens (tertiary/aromatic N) is 3. The number of H-pyrrole nitrogens is 1. The average molecular weight is 261 g/mol. The van der Waals surface area contributed by atoms with Crippen LogP contribution in [0.25, 0.3) is 11.2 Å². The lowest BCUT2D eigenvalue weighted by molar-refractivity contribution is -0.133. The van der Waals surface area contributed by atoms with Gasteiger partial charge in [-0.1, -0.05) is 0 Å². The van der Waals surface area contributed by atoms with Gasteiger partial charge in [0.2, 0.25) is 0 Å². The van der Waals surface area contributed by atoms with Gasteiger partial charge in [-0.25, -0.2) is 19.7 Å². The number of amides is 1. The summed E-state index contributed by atoms with van der Waals surface area (Å²) < 4.78 is 0. The van der Waals surface area contributed by atoms with Gasteiger partial charge in [-0.2, -0.15) is 0 Å². The van der Waals surface area contributed by atoms with Crippen LogP contribution in [0.2, 0.25) is 0 Å². The molecule has 2 rings (SSSR count). The molecule has 3 N–H and O–H groups in total. The number of aromatic amines is 1. The largest absolute Gasteiger partial charge is 0.478 e. The standard InChI is InChI=1S/C11H11N5O3/c1-5(6(2)11(18)19)10(17)16-9-7-8(13-3-12-7)14-4-15-9/h3-4H,1-2H3,(H,18,19)(H2,12,13,14,15,16,17)/b6-5+. The van der Waals surface area contributed by atoms with Crippen LogP contribution in [0, 0.1) is 0 Å². The van der Waals surface area contributed by atoms with Gasteiger partial charge in [0, 0.05) is 11.1 Å². The van der Waals surface area contributed by atoms with Crippen molar-refractivity contribution in [3.05, 3.63) is 23.8 Å². The number of hydrogen-bond donors (Lipinski definition) is 3. The Morgan fingerprint density at radius 3 is 2.63 bits per heavy atom. The Morgan fingerprint density at radius 2 is 1.95 bits per heavy atom. The number of carboxylic acids is 1. The summed E-state index contributed by atoms with van der Waals surface area (Å²) in [6.07, 6.45) is 2.70. The number of carbonyl (C=O) groups excluding carboxylic acids is 1. The lowest BCUT2D eigenvalue weighted by Gasteiger charge is -2.06. The number of nitrogens with one attached hydrogen (secondary N) is 2. The van der Waals surface area contributed by atoms with E-state index in [4.69, 9.17) is 5.11 Å². The fourth-order valence-electron chi connectivity index (χ4n) is 1.39. The van der Waals surface area contributed by atoms with Crippen molar-refractivity contribution in [2.45, 2.75) is 13.8 Å². The molecule has 2 heterocycles. The van der Waals surface area contributed by atoms with Crippen molar-refractivity contribution in [3.8, 4) is 0 Å². The highest BCUT2D eigenvalue weighted by atomic mass is 16.4. The van der Waals surface area contributed by atoms with Gasteiger partial charge in [0.25, 0.3) is 5.91 Å². The summed E-state index contributed by atoms with van der Waals surface area (Å²) in [6, 6.07) is 0. The van der Waals surface area contributed by atoms with Crippen molar-refractivity contribution in [1.29, 1.82) is 0 Å². The molecule has 1 amide bonds. The first-order valence-electron chi connectivity index (χ1n) is 5.37. The zero-order chi connectivity index (χ0) is 14.0. The molecule has 0 bridgehead atoms. The lowest BCUT2D eigenvalue weighted by atomic mass is 10.1. The number of anilines is 1. The minimum Gasteiger partial charge on any atom is -0.478 e. The number of carboxylic acid groups (broad SMARTS) is 1. The third-order valence-corrected chi connectivity index (χ3v) is 2.68. The van der Waals surface area contributed by atoms with Crippen LogP contribution < -0.4 is 5.32 Å². The molecule has 8 nitrogen and oxygen atoms in total. The molecule has 0 saturated heterocycles. The quantitative estimate of drug-likeness (QED) is 0.700. The van der Waals surface area contributed by atoms with Gasteiger partial charge < -0.3 is 15.4 Å². The molecule has 0 aromatic carbocycles. The highest BCUT2D eigenvalue weighted by Crippen LogP contribution is 2.15. The van der Waals surface area contributed by atoms with E-state index in [-0.39, 0.29) is 17.0 Å². The Bertz CT molecular complexity index is 688. The monoisotopic (exact) mass is 261 g/mol. The molecule has 0 unspecified atom stereocenters. The first-order chi connectivity index (χ1) is 9.00. The molecule has 0 fully saturated rings. The smallest absolute Gasteiger partial charge is 0.331 e. The summed E-state index contributed by atoms with van der Waals surface area (Å²) in [4.78, 5) is 37.2. The predicted molar refractivity (Wildman–Crippen MR) is 66.3 cm³/mol. The van der Waals surface area contributed by atoms with Gasteiger partial charge in [-0.3, -0.25) is 4.79 Å². The van der Waals surface area contributed by atoms with E-state index in [0.717, 1.165) is 0 Å². The summed E-state index contributed by atoms with van der Waals surface area (Å²) >= 11 is 0. The first kappa shape index (κ1) is 12.7. The molecule has 19 heavy (non-hydrogen) atoms. The van der Waals surface area contributed by atoms with Crippen LogP contribution in [-0.4, -0.2) is 36.9 Å². The zero-order valence-electron chi connectivity index (χ0n) is 10.3. The van der Waals surface area contributed by atoms with E-state index in [9.17, 15) is 9.59 Å². The maximum absolute atomic E-state index is 11.9. The van der Waals surface area contributed by atoms with Crippen molar-refractivity contribution in [2.24, 2.45) is 0 Å². The van der Waals surface area contributed by atoms with E-state index in [1.54, 1.807) is 0 Å². The Labute approximate surface area is 107 Å². The van der Waals surface area contributed by atoms with Gasteiger partial charge in [0.05, 0.1) is 6.33 Å². The molecule has 8 heteroatoms. The van der Waals surface area contributed by atoms with Gasteiger partial charge >= 0.3 is 5.97 Å². The molecule has 0 radical (unpaired) electrons. The van der Waals surface area contributed by atoms with Crippen LogP contribution in [0.15, 0.2) is 23.8 Å². The molecule has 2 aromatic heterocycles. The fraction of sp³-hybridized carbons (Fsp3) is 0.182. The van der Waals surface area contributed by atoms with Gasteiger partial charge in [0.15, 0.2) is 11.5 Å². The lowest BCUT2D eigenvalue weighted by Crippen LogP contribution is -2.17. The average Bonchev–Trinajstić information content (AvgIpc) is 2.86. The van der Waals surface area contributed by atoms with Gasteiger partial charge in [-0.05, 0) is 13.8 Å². The zero-order valence-corrected chi connectivity index (χ0v) is 10.3. The number of aromatic nitrogens is 4. The summed E-state index contributed by atoms with van der Waals surface area (Å²) in [5, 5.41) is 11.4. The number of carbonyl (C=O) groups is 2. The van der Waals surface area contributed by atoms with Crippen molar-refractivity contribution in [2.75, 3.05) is 5.32 Å². The van der Waals surface area contributed by atoms with Gasteiger partial charge in [0.1, 0.15) is 11.8 Å². The topological polar surface area (TPSA) is 121 Å². The van der Waals surface area contributed by atoms with Crippen LogP contribution >= 0.6 is 0 Å². The molecular weight excluding hydrogens is 250 g/mol. The summed E-state index contributed by atoms with van der Waals surface area (Å²) in [5.74, 6) is -1.42. The van der Waals surface area contributed by atoms with E-state index in [2.05, 4.69) is 25.3 Å². The van der Waals surface area contributed by atoms with E-state index >= 15 is 0 Å². The second kappa shape index (κ2) is 4.84. The second-order valence-corrected chi connectivity index (χ2v) is 3.83. The molecule has 98 valence electrons. The normalized spacial score (nSPS) is 12.1. The van der Waals surface area contributed by atoms with Crippen LogP contribution in [0.1, 0.15) is 13.8 Å². The van der Waals surface area contributed by atoms with Crippen molar-refractivity contribution in [3.63, 3.8) is 0 Å². The number of hydrogen-bond acceptors (Lipinski definition) is 5. The molecule has 0 aliphatic carbocycles. The maximum Gasteiger partial charge on any atom is 0.331 e. The Hall–Kier alpha value is -2.77. The third kappa shape index (κ3) is 2.41.